The van der Waals surface area contributed by atoms with E-state index in [0.717, 1.165) is 30.7 Å². The van der Waals surface area contributed by atoms with E-state index in [2.05, 4.69) is 5.32 Å². The van der Waals surface area contributed by atoms with Crippen molar-refractivity contribution in [1.82, 2.24) is 5.32 Å². The van der Waals surface area contributed by atoms with Gasteiger partial charge in [-0.05, 0) is 43.7 Å². The lowest BCUT2D eigenvalue weighted by Gasteiger charge is -2.22. The van der Waals surface area contributed by atoms with Crippen molar-refractivity contribution in [3.05, 3.63) is 29.8 Å². The van der Waals surface area contributed by atoms with Gasteiger partial charge in [0.2, 0.25) is 5.91 Å². The first-order chi connectivity index (χ1) is 9.75. The van der Waals surface area contributed by atoms with Gasteiger partial charge in [-0.3, -0.25) is 4.79 Å². The van der Waals surface area contributed by atoms with Gasteiger partial charge in [-0.2, -0.15) is 0 Å². The van der Waals surface area contributed by atoms with Gasteiger partial charge in [0.05, 0.1) is 6.10 Å². The van der Waals surface area contributed by atoms with Crippen LogP contribution in [0.25, 0.3) is 0 Å². The van der Waals surface area contributed by atoms with Crippen LogP contribution < -0.4 is 11.1 Å². The Labute approximate surface area is 132 Å². The zero-order chi connectivity index (χ0) is 14.2. The molecule has 3 N–H and O–H groups in total. The summed E-state index contributed by atoms with van der Waals surface area (Å²) in [5, 5.41) is 2.96. The molecule has 5 heteroatoms. The minimum atomic E-state index is 0. The molecular weight excluding hydrogens is 288 g/mol. The number of carbonyl (C=O) groups excluding carboxylic acids is 1. The second-order valence-electron chi connectivity index (χ2n) is 5.33. The molecule has 118 valence electrons. The molecule has 0 radical (unpaired) electrons. The monoisotopic (exact) mass is 312 g/mol. The molecule has 1 atom stereocenters. The second-order valence-corrected chi connectivity index (χ2v) is 5.33. The number of nitrogen functional groups attached to an aromatic ring is 1. The van der Waals surface area contributed by atoms with Crippen LogP contribution in [0.2, 0.25) is 0 Å². The lowest BCUT2D eigenvalue weighted by molar-refractivity contribution is -0.121. The lowest BCUT2D eigenvalue weighted by atomic mass is 10.1. The summed E-state index contributed by atoms with van der Waals surface area (Å²) in [4.78, 5) is 11.8. The summed E-state index contributed by atoms with van der Waals surface area (Å²) in [6, 6.07) is 7.69. The van der Waals surface area contributed by atoms with Crippen molar-refractivity contribution < 1.29 is 9.53 Å². The van der Waals surface area contributed by atoms with Crippen LogP contribution in [0.15, 0.2) is 24.3 Å². The molecule has 1 aliphatic rings. The van der Waals surface area contributed by atoms with Crippen LogP contribution in [0, 0.1) is 0 Å². The maximum Gasteiger partial charge on any atom is 0.220 e. The highest BCUT2D eigenvalue weighted by Crippen LogP contribution is 2.15. The standard InChI is InChI=1S/C16H24N2O2.ClH/c17-15-7-2-1-5-13(15)8-9-16(19)18-11-10-14-6-3-4-12-20-14;/h1-2,5,7,14H,3-4,6,8-12,17H2,(H,18,19);1H. The fourth-order valence-electron chi connectivity index (χ4n) is 2.51. The Morgan fingerprint density at radius 3 is 2.86 bits per heavy atom. The number of halogens is 1. The topological polar surface area (TPSA) is 64.4 Å². The van der Waals surface area contributed by atoms with Crippen LogP contribution in [0.3, 0.4) is 0 Å². The Bertz CT molecular complexity index is 434. The predicted molar refractivity (Wildman–Crippen MR) is 87.6 cm³/mol. The molecule has 1 heterocycles. The number of benzene rings is 1. The Morgan fingerprint density at radius 1 is 1.33 bits per heavy atom. The quantitative estimate of drug-likeness (QED) is 0.794. The van der Waals surface area contributed by atoms with Gasteiger partial charge < -0.3 is 15.8 Å². The molecule has 21 heavy (non-hydrogen) atoms. The highest BCUT2D eigenvalue weighted by molar-refractivity contribution is 5.85. The van der Waals surface area contributed by atoms with Gasteiger partial charge in [-0.15, -0.1) is 12.4 Å². The van der Waals surface area contributed by atoms with Crippen molar-refractivity contribution in [2.75, 3.05) is 18.9 Å². The molecule has 0 aromatic heterocycles. The van der Waals surface area contributed by atoms with E-state index in [1.165, 1.54) is 12.8 Å². The average Bonchev–Trinajstić information content (AvgIpc) is 2.47. The number of hydrogen-bond acceptors (Lipinski definition) is 3. The third-order valence-electron chi connectivity index (χ3n) is 3.74. The van der Waals surface area contributed by atoms with Crippen molar-refractivity contribution in [2.45, 2.75) is 44.6 Å². The molecule has 0 bridgehead atoms. The first-order valence-electron chi connectivity index (χ1n) is 7.47. The normalized spacial score (nSPS) is 17.8. The molecule has 1 aliphatic heterocycles. The summed E-state index contributed by atoms with van der Waals surface area (Å²) in [6.07, 6.45) is 5.95. The van der Waals surface area contributed by atoms with Crippen molar-refractivity contribution in [1.29, 1.82) is 0 Å². The maximum absolute atomic E-state index is 11.8. The number of aryl methyl sites for hydroxylation is 1. The third-order valence-corrected chi connectivity index (χ3v) is 3.74. The van der Waals surface area contributed by atoms with E-state index >= 15 is 0 Å². The first-order valence-corrected chi connectivity index (χ1v) is 7.47. The zero-order valence-electron chi connectivity index (χ0n) is 12.3. The maximum atomic E-state index is 11.8. The Hall–Kier alpha value is -1.26. The van der Waals surface area contributed by atoms with Gasteiger partial charge in [0.1, 0.15) is 0 Å². The van der Waals surface area contributed by atoms with Crippen molar-refractivity contribution in [3.63, 3.8) is 0 Å². The van der Waals surface area contributed by atoms with Gasteiger partial charge in [0.25, 0.3) is 0 Å². The van der Waals surface area contributed by atoms with Crippen molar-refractivity contribution >= 4 is 24.0 Å². The largest absolute Gasteiger partial charge is 0.399 e. The van der Waals surface area contributed by atoms with Crippen molar-refractivity contribution in [3.8, 4) is 0 Å². The van der Waals surface area contributed by atoms with Gasteiger partial charge in [-0.1, -0.05) is 18.2 Å². The summed E-state index contributed by atoms with van der Waals surface area (Å²) in [7, 11) is 0. The van der Waals surface area contributed by atoms with Crippen LogP contribution in [0.5, 0.6) is 0 Å². The SMILES string of the molecule is Cl.Nc1ccccc1CCC(=O)NCCC1CCCCO1. The predicted octanol–water partition coefficient (Wildman–Crippen LogP) is 2.70. The number of para-hydroxylation sites is 1. The molecular formula is C16H25ClN2O2. The number of rotatable bonds is 6. The molecule has 1 aromatic rings. The van der Waals surface area contributed by atoms with Gasteiger partial charge in [0.15, 0.2) is 0 Å². The van der Waals surface area contributed by atoms with E-state index in [4.69, 9.17) is 10.5 Å². The molecule has 4 nitrogen and oxygen atoms in total. The first kappa shape index (κ1) is 17.8. The Balaban J connectivity index is 0.00000220. The molecule has 1 aromatic carbocycles. The van der Waals surface area contributed by atoms with Crippen LogP contribution in [-0.2, 0) is 16.0 Å². The van der Waals surface area contributed by atoms with E-state index in [-0.39, 0.29) is 18.3 Å². The fourth-order valence-corrected chi connectivity index (χ4v) is 2.51. The number of ether oxygens (including phenoxy) is 1. The summed E-state index contributed by atoms with van der Waals surface area (Å²) in [5.74, 6) is 0.0871. The molecule has 1 amide bonds. The Kier molecular flexibility index (Phi) is 8.16. The summed E-state index contributed by atoms with van der Waals surface area (Å²) < 4.78 is 5.64. The number of carbonyl (C=O) groups is 1. The smallest absolute Gasteiger partial charge is 0.220 e. The summed E-state index contributed by atoms with van der Waals surface area (Å²) in [6.45, 7) is 1.57. The minimum absolute atomic E-state index is 0. The number of anilines is 1. The van der Waals surface area contributed by atoms with Crippen LogP contribution >= 0.6 is 12.4 Å². The van der Waals surface area contributed by atoms with E-state index in [1.54, 1.807) is 0 Å². The minimum Gasteiger partial charge on any atom is -0.399 e. The van der Waals surface area contributed by atoms with Gasteiger partial charge in [0, 0.05) is 25.3 Å². The third kappa shape index (κ3) is 6.36. The number of nitrogens with one attached hydrogen (secondary N) is 1. The van der Waals surface area contributed by atoms with Crippen LogP contribution in [-0.4, -0.2) is 25.2 Å². The summed E-state index contributed by atoms with van der Waals surface area (Å²) in [5.41, 5.74) is 7.66. The van der Waals surface area contributed by atoms with Crippen LogP contribution in [0.1, 0.15) is 37.7 Å². The van der Waals surface area contributed by atoms with E-state index < -0.39 is 0 Å². The molecule has 1 unspecified atom stereocenters. The lowest BCUT2D eigenvalue weighted by Crippen LogP contribution is -2.29. The molecule has 0 aliphatic carbocycles. The Morgan fingerprint density at radius 2 is 2.14 bits per heavy atom. The highest BCUT2D eigenvalue weighted by atomic mass is 35.5. The molecule has 1 saturated heterocycles. The molecule has 0 spiro atoms. The van der Waals surface area contributed by atoms with E-state index in [9.17, 15) is 4.79 Å². The van der Waals surface area contributed by atoms with Gasteiger partial charge in [-0.25, -0.2) is 0 Å². The van der Waals surface area contributed by atoms with E-state index in [1.807, 2.05) is 24.3 Å². The number of nitrogens with two attached hydrogens (primary N) is 1. The highest BCUT2D eigenvalue weighted by Gasteiger charge is 2.13. The van der Waals surface area contributed by atoms with E-state index in [0.29, 0.717) is 25.5 Å². The summed E-state index contributed by atoms with van der Waals surface area (Å²) >= 11 is 0. The molecule has 1 fully saturated rings. The number of hydrogen-bond donors (Lipinski definition) is 2. The fraction of sp³-hybridized carbons (Fsp3) is 0.562. The van der Waals surface area contributed by atoms with Crippen molar-refractivity contribution in [2.24, 2.45) is 0 Å². The average molecular weight is 313 g/mol. The molecule has 0 saturated carbocycles. The zero-order valence-corrected chi connectivity index (χ0v) is 13.2. The van der Waals surface area contributed by atoms with Gasteiger partial charge >= 0.3 is 0 Å². The molecule has 2 rings (SSSR count). The number of amides is 1. The van der Waals surface area contributed by atoms with Crippen LogP contribution in [0.4, 0.5) is 5.69 Å². The second kappa shape index (κ2) is 9.64.